The Kier molecular flexibility index (Phi) is 6.74. The molecule has 0 aliphatic heterocycles. The molecule has 0 atom stereocenters. The van der Waals surface area contributed by atoms with Gasteiger partial charge in [-0.3, -0.25) is 10.2 Å². The third-order valence-electron chi connectivity index (χ3n) is 4.69. The largest absolute Gasteiger partial charge is 0.434 e. The molecule has 0 aliphatic carbocycles. The first-order valence-corrected chi connectivity index (χ1v) is 10.5. The average Bonchev–Trinajstić information content (AvgIpc) is 3.26. The molecule has 4 rings (SSSR count). The lowest BCUT2D eigenvalue weighted by Crippen LogP contribution is -2.21. The van der Waals surface area contributed by atoms with Gasteiger partial charge in [-0.1, -0.05) is 35.9 Å². The fourth-order valence-corrected chi connectivity index (χ4v) is 3.33. The van der Waals surface area contributed by atoms with Crippen LogP contribution in [0.3, 0.4) is 0 Å². The highest BCUT2D eigenvalue weighted by Crippen LogP contribution is 2.34. The van der Waals surface area contributed by atoms with E-state index in [1.54, 1.807) is 42.5 Å². The molecule has 0 bridgehead atoms. The first-order chi connectivity index (χ1) is 16.7. The van der Waals surface area contributed by atoms with Crippen molar-refractivity contribution in [2.45, 2.75) is 6.18 Å². The lowest BCUT2D eigenvalue weighted by Gasteiger charge is -2.13. The van der Waals surface area contributed by atoms with Crippen molar-refractivity contribution < 1.29 is 22.7 Å². The zero-order valence-electron chi connectivity index (χ0n) is 17.8. The number of aromatic nitrogens is 2. The second kappa shape index (κ2) is 9.90. The summed E-state index contributed by atoms with van der Waals surface area (Å²) in [5, 5.41) is 17.2. The second-order valence-electron chi connectivity index (χ2n) is 7.20. The summed E-state index contributed by atoms with van der Waals surface area (Å²) < 4.78 is 47.6. The summed E-state index contributed by atoms with van der Waals surface area (Å²) in [4.78, 5) is 12.8. The third-order valence-corrected chi connectivity index (χ3v) is 4.95. The summed E-state index contributed by atoms with van der Waals surface area (Å²) in [6, 6.07) is 20.1. The maximum atomic E-state index is 13.9. The van der Waals surface area contributed by atoms with Gasteiger partial charge < -0.3 is 15.4 Å². The number of para-hydroxylation sites is 1. The standard InChI is InChI=1S/C24H17ClF3N5O2/c25-15-9-11-18(12-10-15)33-21(24(26,27)28)20(14-30-33)22(34)31-16-5-4-6-17(13-16)32-23(29)35-19-7-2-1-3-8-19/h1-14H,(H2,29,32)(H,31,34). The Morgan fingerprint density at radius 1 is 0.943 bits per heavy atom. The second-order valence-corrected chi connectivity index (χ2v) is 7.63. The van der Waals surface area contributed by atoms with Crippen molar-refractivity contribution in [1.29, 1.82) is 5.41 Å². The van der Waals surface area contributed by atoms with E-state index in [2.05, 4.69) is 15.7 Å². The summed E-state index contributed by atoms with van der Waals surface area (Å²) in [7, 11) is 0. The van der Waals surface area contributed by atoms with Gasteiger partial charge in [0.15, 0.2) is 5.69 Å². The van der Waals surface area contributed by atoms with Crippen molar-refractivity contribution in [3.63, 3.8) is 0 Å². The quantitative estimate of drug-likeness (QED) is 0.224. The molecule has 35 heavy (non-hydrogen) atoms. The molecule has 178 valence electrons. The van der Waals surface area contributed by atoms with Gasteiger partial charge in [-0.2, -0.15) is 18.3 Å². The third kappa shape index (κ3) is 5.79. The molecule has 0 saturated heterocycles. The number of ether oxygens (including phenoxy) is 1. The van der Waals surface area contributed by atoms with Crippen LogP contribution in [0.15, 0.2) is 85.1 Å². The highest BCUT2D eigenvalue weighted by atomic mass is 35.5. The minimum Gasteiger partial charge on any atom is -0.426 e. The number of amidine groups is 1. The van der Waals surface area contributed by atoms with Crippen molar-refractivity contribution in [3.8, 4) is 11.4 Å². The first kappa shape index (κ1) is 23.8. The number of carbonyl (C=O) groups excluding carboxylic acids is 1. The molecule has 0 spiro atoms. The molecule has 0 radical (unpaired) electrons. The minimum absolute atomic E-state index is 0.101. The van der Waals surface area contributed by atoms with Gasteiger partial charge in [-0.15, -0.1) is 0 Å². The molecule has 0 unspecified atom stereocenters. The number of nitrogens with zero attached hydrogens (tertiary/aromatic N) is 2. The summed E-state index contributed by atoms with van der Waals surface area (Å²) in [6.45, 7) is 0. The first-order valence-electron chi connectivity index (χ1n) is 10.1. The van der Waals surface area contributed by atoms with Gasteiger partial charge >= 0.3 is 6.18 Å². The van der Waals surface area contributed by atoms with E-state index < -0.39 is 23.3 Å². The molecule has 7 nitrogen and oxygen atoms in total. The number of halogens is 4. The predicted octanol–water partition coefficient (Wildman–Crippen LogP) is 6.22. The van der Waals surface area contributed by atoms with E-state index >= 15 is 0 Å². The molecular formula is C24H17ClF3N5O2. The number of rotatable bonds is 5. The minimum atomic E-state index is -4.85. The zero-order chi connectivity index (χ0) is 25.0. The lowest BCUT2D eigenvalue weighted by molar-refractivity contribution is -0.143. The van der Waals surface area contributed by atoms with Crippen LogP contribution in [0.25, 0.3) is 5.69 Å². The van der Waals surface area contributed by atoms with Crippen LogP contribution in [0.5, 0.6) is 5.75 Å². The Balaban J connectivity index is 1.53. The van der Waals surface area contributed by atoms with E-state index in [1.165, 1.54) is 36.4 Å². The molecule has 1 heterocycles. The van der Waals surface area contributed by atoms with Gasteiger partial charge in [0.25, 0.3) is 11.9 Å². The average molecular weight is 500 g/mol. The number of anilines is 2. The molecule has 11 heteroatoms. The summed E-state index contributed by atoms with van der Waals surface area (Å²) in [6.07, 6.45) is -3.99. The normalized spacial score (nSPS) is 11.1. The van der Waals surface area contributed by atoms with Gasteiger partial charge in [0.05, 0.1) is 17.4 Å². The lowest BCUT2D eigenvalue weighted by atomic mass is 10.2. The molecule has 0 aliphatic rings. The van der Waals surface area contributed by atoms with Crippen LogP contribution in [0.1, 0.15) is 16.1 Å². The topological polar surface area (TPSA) is 92.0 Å². The highest BCUT2D eigenvalue weighted by molar-refractivity contribution is 6.30. The Hall–Kier alpha value is -4.31. The number of amides is 1. The smallest absolute Gasteiger partial charge is 0.426 e. The zero-order valence-corrected chi connectivity index (χ0v) is 18.6. The van der Waals surface area contributed by atoms with Crippen LogP contribution >= 0.6 is 11.6 Å². The van der Waals surface area contributed by atoms with E-state index in [4.69, 9.17) is 21.7 Å². The SMILES string of the molecule is N=C(Nc1cccc(NC(=O)c2cnn(-c3ccc(Cl)cc3)c2C(F)(F)F)c1)Oc1ccccc1. The van der Waals surface area contributed by atoms with Gasteiger partial charge in [-0.25, -0.2) is 4.68 Å². The maximum Gasteiger partial charge on any atom is 0.434 e. The van der Waals surface area contributed by atoms with E-state index in [-0.39, 0.29) is 17.4 Å². The Morgan fingerprint density at radius 3 is 2.26 bits per heavy atom. The Labute approximate surface area is 202 Å². The number of nitrogens with one attached hydrogen (secondary N) is 3. The van der Waals surface area contributed by atoms with Gasteiger partial charge in [0.1, 0.15) is 5.75 Å². The van der Waals surface area contributed by atoms with Crippen LogP contribution in [-0.4, -0.2) is 21.7 Å². The van der Waals surface area contributed by atoms with Crippen LogP contribution in [0.2, 0.25) is 5.02 Å². The van der Waals surface area contributed by atoms with Gasteiger partial charge in [0, 0.05) is 16.4 Å². The number of hydrogen-bond acceptors (Lipinski definition) is 4. The van der Waals surface area contributed by atoms with Crippen LogP contribution in [0, 0.1) is 5.41 Å². The van der Waals surface area contributed by atoms with Crippen LogP contribution in [0.4, 0.5) is 24.5 Å². The number of benzene rings is 3. The van der Waals surface area contributed by atoms with E-state index in [1.807, 2.05) is 0 Å². The molecule has 3 N–H and O–H groups in total. The summed E-state index contributed by atoms with van der Waals surface area (Å²) in [5.74, 6) is -0.544. The summed E-state index contributed by atoms with van der Waals surface area (Å²) >= 11 is 5.82. The molecule has 3 aromatic carbocycles. The van der Waals surface area contributed by atoms with Crippen molar-refractivity contribution in [2.75, 3.05) is 10.6 Å². The molecule has 1 aromatic heterocycles. The Bertz CT molecular complexity index is 1360. The Morgan fingerprint density at radius 2 is 1.60 bits per heavy atom. The highest BCUT2D eigenvalue weighted by Gasteiger charge is 2.40. The summed E-state index contributed by atoms with van der Waals surface area (Å²) in [5.41, 5.74) is -1.17. The molecule has 0 fully saturated rings. The van der Waals surface area contributed by atoms with Crippen molar-refractivity contribution in [1.82, 2.24) is 9.78 Å². The van der Waals surface area contributed by atoms with Crippen molar-refractivity contribution in [3.05, 3.63) is 101 Å². The molecule has 0 saturated carbocycles. The number of alkyl halides is 3. The fourth-order valence-electron chi connectivity index (χ4n) is 3.20. The van der Waals surface area contributed by atoms with E-state index in [9.17, 15) is 18.0 Å². The van der Waals surface area contributed by atoms with Gasteiger partial charge in [-0.05, 0) is 54.6 Å². The van der Waals surface area contributed by atoms with Crippen molar-refractivity contribution in [2.24, 2.45) is 0 Å². The maximum absolute atomic E-state index is 13.9. The molecule has 4 aromatic rings. The fraction of sp³-hybridized carbons (Fsp3) is 0.0417. The van der Waals surface area contributed by atoms with Crippen molar-refractivity contribution >= 4 is 34.9 Å². The van der Waals surface area contributed by atoms with E-state index in [0.717, 1.165) is 6.20 Å². The van der Waals surface area contributed by atoms with E-state index in [0.29, 0.717) is 21.1 Å². The predicted molar refractivity (Wildman–Crippen MR) is 126 cm³/mol. The molecule has 1 amide bonds. The van der Waals surface area contributed by atoms with Crippen LogP contribution in [-0.2, 0) is 6.18 Å². The van der Waals surface area contributed by atoms with Gasteiger partial charge in [0.2, 0.25) is 0 Å². The number of carbonyl (C=O) groups is 1. The monoisotopic (exact) mass is 499 g/mol. The number of hydrogen-bond donors (Lipinski definition) is 3. The molecular weight excluding hydrogens is 483 g/mol. The van der Waals surface area contributed by atoms with Crippen LogP contribution < -0.4 is 15.4 Å².